The number of rotatable bonds is 21. The zero-order chi connectivity index (χ0) is 50.2. The van der Waals surface area contributed by atoms with Gasteiger partial charge < -0.3 is 36.3 Å². The van der Waals surface area contributed by atoms with E-state index in [1.807, 2.05) is 41.3 Å². The molecule has 1 aliphatic heterocycles. The van der Waals surface area contributed by atoms with Crippen molar-refractivity contribution >= 4 is 80.6 Å². The molecule has 0 unspecified atom stereocenters. The van der Waals surface area contributed by atoms with Gasteiger partial charge in [0, 0.05) is 99.8 Å². The second-order valence-corrected chi connectivity index (χ2v) is 16.7. The lowest BCUT2D eigenvalue weighted by Gasteiger charge is -2.39. The van der Waals surface area contributed by atoms with E-state index in [9.17, 15) is 28.8 Å². The van der Waals surface area contributed by atoms with Crippen LogP contribution in [0.5, 0.6) is 5.75 Å². The molecule has 0 atom stereocenters. The third-order valence-electron chi connectivity index (χ3n) is 11.6. The molecule has 0 spiro atoms. The number of hydrogen-bond acceptors (Lipinski definition) is 14. The first-order valence-electron chi connectivity index (χ1n) is 22.7. The molecule has 7 N–H and O–H groups in total. The van der Waals surface area contributed by atoms with Gasteiger partial charge in [-0.1, -0.05) is 12.2 Å². The van der Waals surface area contributed by atoms with Gasteiger partial charge in [0.15, 0.2) is 11.5 Å². The van der Waals surface area contributed by atoms with Gasteiger partial charge in [-0.05, 0) is 76.5 Å². The maximum absolute atomic E-state index is 13.5. The molecule has 7 rings (SSSR count). The van der Waals surface area contributed by atoms with Crippen molar-refractivity contribution in [3.8, 4) is 17.3 Å². The number of aliphatic imine (C=N–C) groups is 1. The molecule has 1 fully saturated rings. The highest BCUT2D eigenvalue weighted by Crippen LogP contribution is 2.37. The number of nitrogens with two attached hydrogens (primary N) is 3. The number of hydrogen-bond donors (Lipinski definition) is 4. The number of nitrogens with one attached hydrogen (secondary N) is 1. The van der Waals surface area contributed by atoms with Crippen LogP contribution in [0.15, 0.2) is 77.7 Å². The van der Waals surface area contributed by atoms with Gasteiger partial charge in [-0.15, -0.1) is 0 Å². The molecular formula is C48H55N15O7. The summed E-state index contributed by atoms with van der Waals surface area (Å²) in [4.78, 5) is 100. The molecule has 0 radical (unpaired) electrons. The molecule has 0 aliphatic carbocycles. The fourth-order valence-electron chi connectivity index (χ4n) is 8.07. The molecule has 5 aromatic heterocycles. The van der Waals surface area contributed by atoms with Gasteiger partial charge >= 0.3 is 0 Å². The van der Waals surface area contributed by atoms with Gasteiger partial charge in [0.2, 0.25) is 29.6 Å². The Kier molecular flexibility index (Phi) is 15.2. The maximum Gasteiger partial charge on any atom is 0.276 e. The summed E-state index contributed by atoms with van der Waals surface area (Å²) in [5, 5.41) is 8.71. The standard InChI is InChI=1S/C48H55N15O7/c1-6-52-36(19-28(3)49)47(69)57-48-55-35-22-32(43(51)68)24-54-46(35)62(48)15-9-8-14-61-41-33(34-25-53-44(56-45(34)61)37-20-29(4)58-63(37)7-2)21-31(42(50)67)23-38(41)70-18-13-30-26-60(27-30)40(66)12-16-59(5)39(65)11-10-17-64/h8-11,17,19-25,30H,6-7,12-16,18,26-27,49H2,1-5H3,(H2,50,67)(H2,51,68)(H,55,57,69)/b9-8+,11-10-,28-19-,52-36?. The first-order valence-corrected chi connectivity index (χ1v) is 22.7. The minimum Gasteiger partial charge on any atom is -0.491 e. The lowest BCUT2D eigenvalue weighted by molar-refractivity contribution is -0.138. The van der Waals surface area contributed by atoms with Gasteiger partial charge in [-0.2, -0.15) is 5.10 Å². The molecule has 1 aliphatic rings. The van der Waals surface area contributed by atoms with Crippen LogP contribution in [0.25, 0.3) is 44.6 Å². The summed E-state index contributed by atoms with van der Waals surface area (Å²) in [6.07, 6.45) is 11.8. The number of imidazole rings is 1. The third kappa shape index (κ3) is 10.9. The van der Waals surface area contributed by atoms with Crippen LogP contribution in [0.4, 0.5) is 5.95 Å². The molecule has 22 nitrogen and oxygen atoms in total. The van der Waals surface area contributed by atoms with Crippen molar-refractivity contribution in [3.63, 3.8) is 0 Å². The van der Waals surface area contributed by atoms with Crippen LogP contribution in [0, 0.1) is 12.8 Å². The van der Waals surface area contributed by atoms with Crippen molar-refractivity contribution in [2.45, 2.75) is 60.2 Å². The molecule has 70 heavy (non-hydrogen) atoms. The van der Waals surface area contributed by atoms with E-state index in [-0.39, 0.29) is 73.2 Å². The number of nitrogens with zero attached hydrogens (tertiary/aromatic N) is 11. The normalized spacial score (nSPS) is 13.5. The van der Waals surface area contributed by atoms with Gasteiger partial charge in [0.25, 0.3) is 5.91 Å². The van der Waals surface area contributed by atoms with E-state index in [1.165, 1.54) is 23.2 Å². The average Bonchev–Trinajstić information content (AvgIpc) is 3.98. The van der Waals surface area contributed by atoms with Crippen molar-refractivity contribution in [2.24, 2.45) is 28.1 Å². The van der Waals surface area contributed by atoms with Crippen molar-refractivity contribution in [1.29, 1.82) is 0 Å². The third-order valence-corrected chi connectivity index (χ3v) is 11.6. The molecule has 5 amide bonds. The predicted molar refractivity (Wildman–Crippen MR) is 263 cm³/mol. The summed E-state index contributed by atoms with van der Waals surface area (Å²) < 4.78 is 12.0. The number of aromatic nitrogens is 8. The number of carbonyl (C=O) groups excluding carboxylic acids is 6. The smallest absolute Gasteiger partial charge is 0.276 e. The molecular weight excluding hydrogens is 899 g/mol. The van der Waals surface area contributed by atoms with Crippen LogP contribution in [0.2, 0.25) is 0 Å². The van der Waals surface area contributed by atoms with Gasteiger partial charge in [0.1, 0.15) is 34.6 Å². The highest BCUT2D eigenvalue weighted by atomic mass is 16.5. The van der Waals surface area contributed by atoms with Crippen LogP contribution in [-0.4, -0.2) is 130 Å². The molecule has 0 saturated carbocycles. The largest absolute Gasteiger partial charge is 0.491 e. The number of likely N-dealkylation sites (N-methyl/N-ethyl adjacent to an activating group) is 1. The molecule has 364 valence electrons. The van der Waals surface area contributed by atoms with Crippen LogP contribution in [0.3, 0.4) is 0 Å². The Labute approximate surface area is 401 Å². The Morgan fingerprint density at radius 3 is 2.36 bits per heavy atom. The van der Waals surface area contributed by atoms with E-state index in [2.05, 4.69) is 25.4 Å². The number of amides is 5. The SMILES string of the molecule is CCN=C(/C=C(/C)N)C(=O)Nc1nc2cc(C(N)=O)cnc2n1C/C=C/Cn1c2nc(-c3cc(C)nn3CC)ncc2c2cc(C(N)=O)cc(OCCC3CN(C(=O)CCN(C)C(=O)/C=C\C=O)C3)c21. The lowest BCUT2D eigenvalue weighted by atomic mass is 9.96. The van der Waals surface area contributed by atoms with Crippen molar-refractivity contribution < 1.29 is 33.5 Å². The Bertz CT molecular complexity index is 3150. The first kappa shape index (κ1) is 49.3. The number of ether oxygens (including phenoxy) is 1. The summed E-state index contributed by atoms with van der Waals surface area (Å²) in [5.74, 6) is -1.20. The number of aryl methyl sites for hydroxylation is 2. The number of anilines is 1. The Morgan fingerprint density at radius 1 is 0.929 bits per heavy atom. The van der Waals surface area contributed by atoms with E-state index >= 15 is 0 Å². The molecule has 0 bridgehead atoms. The first-order chi connectivity index (χ1) is 33.6. The zero-order valence-corrected chi connectivity index (χ0v) is 39.6. The minimum absolute atomic E-state index is 0.0801. The fourth-order valence-corrected chi connectivity index (χ4v) is 8.07. The van der Waals surface area contributed by atoms with E-state index in [4.69, 9.17) is 31.9 Å². The monoisotopic (exact) mass is 953 g/mol. The van der Waals surface area contributed by atoms with Crippen LogP contribution in [0.1, 0.15) is 60.0 Å². The van der Waals surface area contributed by atoms with Crippen LogP contribution >= 0.6 is 0 Å². The van der Waals surface area contributed by atoms with Gasteiger partial charge in [0.05, 0.1) is 23.4 Å². The number of primary amides is 2. The summed E-state index contributed by atoms with van der Waals surface area (Å²) in [6, 6.07) is 6.73. The number of fused-ring (bicyclic) bond motifs is 4. The maximum atomic E-state index is 13.5. The second-order valence-electron chi connectivity index (χ2n) is 16.7. The van der Waals surface area contributed by atoms with Crippen molar-refractivity contribution in [1.82, 2.24) is 48.7 Å². The molecule has 1 aromatic carbocycles. The Balaban J connectivity index is 1.19. The number of likely N-dealkylation sites (tertiary alicyclic amines) is 1. The highest BCUT2D eigenvalue weighted by molar-refractivity contribution is 6.47. The quantitative estimate of drug-likeness (QED) is 0.0350. The summed E-state index contributed by atoms with van der Waals surface area (Å²) in [7, 11) is 1.57. The molecule has 6 heterocycles. The van der Waals surface area contributed by atoms with E-state index in [0.29, 0.717) is 89.3 Å². The average molecular weight is 954 g/mol. The van der Waals surface area contributed by atoms with Gasteiger partial charge in [-0.3, -0.25) is 48.3 Å². The number of carbonyl (C=O) groups is 6. The van der Waals surface area contributed by atoms with Crippen molar-refractivity contribution in [2.75, 3.05) is 45.2 Å². The molecule has 1 saturated heterocycles. The summed E-state index contributed by atoms with van der Waals surface area (Å²) in [5.41, 5.74) is 21.6. The topological polar surface area (TPSA) is 300 Å². The Morgan fingerprint density at radius 2 is 1.67 bits per heavy atom. The van der Waals surface area contributed by atoms with Crippen molar-refractivity contribution in [3.05, 3.63) is 89.6 Å². The van der Waals surface area contributed by atoms with E-state index < -0.39 is 17.7 Å². The molecule has 22 heteroatoms. The Hall–Kier alpha value is -8.56. The second kappa shape index (κ2) is 21.6. The van der Waals surface area contributed by atoms with Gasteiger partial charge in [-0.25, -0.2) is 19.9 Å². The predicted octanol–water partition coefficient (Wildman–Crippen LogP) is 3.07. The number of benzene rings is 1. The minimum atomic E-state index is -0.686. The van der Waals surface area contributed by atoms with Crippen LogP contribution in [-0.2, 0) is 38.8 Å². The number of pyridine rings is 1. The molecule has 6 aromatic rings. The van der Waals surface area contributed by atoms with E-state index in [0.717, 1.165) is 23.5 Å². The van der Waals surface area contributed by atoms with E-state index in [1.54, 1.807) is 48.7 Å². The zero-order valence-electron chi connectivity index (χ0n) is 39.6. The summed E-state index contributed by atoms with van der Waals surface area (Å²) in [6.45, 7) is 10.2. The summed E-state index contributed by atoms with van der Waals surface area (Å²) >= 11 is 0. The number of aldehydes is 1. The van der Waals surface area contributed by atoms with Crippen LogP contribution < -0.4 is 27.3 Å². The fraction of sp³-hybridized carbons (Fsp3) is 0.333. The number of allylic oxidation sites excluding steroid dienone is 4. The lowest BCUT2D eigenvalue weighted by Crippen LogP contribution is -2.51. The highest BCUT2D eigenvalue weighted by Gasteiger charge is 2.31.